The molecule has 1 nitrogen and oxygen atoms in total. The van der Waals surface area contributed by atoms with Crippen molar-refractivity contribution >= 4 is 0 Å². The molecule has 0 saturated carbocycles. The summed E-state index contributed by atoms with van der Waals surface area (Å²) in [5.41, 5.74) is 0. The molecule has 1 aliphatic heterocycles. The van der Waals surface area contributed by atoms with Gasteiger partial charge in [-0.05, 0) is 0 Å². The molecule has 5 heavy (non-hydrogen) atoms. The number of allylic oxidation sites excluding steroid dienone is 1. The molecule has 0 unspecified atom stereocenters. The third-order valence-corrected chi connectivity index (χ3v) is 0.478. The van der Waals surface area contributed by atoms with Crippen molar-refractivity contribution in [3.8, 4) is 0 Å². The molecule has 0 atom stereocenters. The lowest BCUT2D eigenvalue weighted by Gasteiger charge is -1.54. The van der Waals surface area contributed by atoms with Gasteiger partial charge < -0.3 is 4.74 Å². The summed E-state index contributed by atoms with van der Waals surface area (Å²) >= 11 is 0. The van der Waals surface area contributed by atoms with Crippen molar-refractivity contribution in [2.45, 2.75) is 6.92 Å². The van der Waals surface area contributed by atoms with E-state index in [-0.39, 0.29) is 0 Å². The first-order valence-corrected chi connectivity index (χ1v) is 1.35. The molecule has 0 radical (unpaired) electrons. The second kappa shape index (κ2) is 0.506. The van der Waals surface area contributed by atoms with Crippen LogP contribution in [0.4, 0.5) is 4.39 Å². The van der Waals surface area contributed by atoms with Crippen LogP contribution >= 0.6 is 0 Å². The maximum Gasteiger partial charge on any atom is 0.317 e. The van der Waals surface area contributed by atoms with Crippen LogP contribution in [0.15, 0.2) is 11.8 Å². The highest BCUT2D eigenvalue weighted by molar-refractivity contribution is 5.05. The number of rotatable bonds is 0. The van der Waals surface area contributed by atoms with E-state index >= 15 is 0 Å². The predicted molar refractivity (Wildman–Crippen MR) is 14.9 cm³/mol. The first-order chi connectivity index (χ1) is 2.30. The monoisotopic (exact) mass is 74.0 g/mol. The summed E-state index contributed by atoms with van der Waals surface area (Å²) in [5, 5.41) is 0. The summed E-state index contributed by atoms with van der Waals surface area (Å²) in [6, 6.07) is -0.412. The smallest absolute Gasteiger partial charge is 0.317 e. The Morgan fingerprint density at radius 3 is 2.00 bits per heavy atom. The van der Waals surface area contributed by atoms with Crippen LogP contribution in [0.5, 0.6) is 0 Å². The third kappa shape index (κ3) is 0.251. The van der Waals surface area contributed by atoms with Crippen LogP contribution in [0.2, 0.25) is 0 Å². The minimum absolute atomic E-state index is 0.412. The lowest BCUT2D eigenvalue weighted by Crippen LogP contribution is -1.34. The molecule has 0 spiro atoms. The van der Waals surface area contributed by atoms with Gasteiger partial charge in [-0.1, -0.05) is 0 Å². The largest absolute Gasteiger partial charge is 0.427 e. The minimum Gasteiger partial charge on any atom is -0.427 e. The number of hydrogen-bond acceptors (Lipinski definition) is 1. The summed E-state index contributed by atoms with van der Waals surface area (Å²) in [6.07, 6.45) is 0. The normalized spacial score (nSPS) is 18.8. The molecule has 1 aliphatic rings. The van der Waals surface area contributed by atoms with Gasteiger partial charge in [0.05, 0.1) is 0 Å². The quantitative estimate of drug-likeness (QED) is 0.420. The highest BCUT2D eigenvalue weighted by atomic mass is 19.1. The standard InChI is InChI=1S/C3H3FO/c1-2-3(4)5-2/h1H3. The molecule has 0 aliphatic carbocycles. The molecular formula is C3H3FO. The average Bonchev–Trinajstić information content (AvgIpc) is 1.79. The first kappa shape index (κ1) is 2.69. The zero-order chi connectivity index (χ0) is 3.86. The van der Waals surface area contributed by atoms with Crippen LogP contribution in [0.25, 0.3) is 0 Å². The van der Waals surface area contributed by atoms with E-state index in [1.165, 1.54) is 0 Å². The van der Waals surface area contributed by atoms with Crippen molar-refractivity contribution in [3.63, 3.8) is 0 Å². The molecule has 28 valence electrons. The fourth-order valence-electron chi connectivity index (χ4n) is 0.109. The Bertz CT molecular complexity index is 74.9. The molecule has 1 heterocycles. The van der Waals surface area contributed by atoms with E-state index < -0.39 is 6.01 Å². The summed E-state index contributed by atoms with van der Waals surface area (Å²) in [5.74, 6) is 0.421. The van der Waals surface area contributed by atoms with Gasteiger partial charge in [0.25, 0.3) is 0 Å². The Balaban J connectivity index is 2.59. The van der Waals surface area contributed by atoms with Gasteiger partial charge in [-0.15, -0.1) is 0 Å². The van der Waals surface area contributed by atoms with E-state index in [0.29, 0.717) is 5.76 Å². The second-order valence-corrected chi connectivity index (χ2v) is 0.932. The van der Waals surface area contributed by atoms with Crippen molar-refractivity contribution in [2.75, 3.05) is 0 Å². The van der Waals surface area contributed by atoms with Crippen LogP contribution in [0, 0.1) is 0 Å². The van der Waals surface area contributed by atoms with Crippen molar-refractivity contribution in [1.82, 2.24) is 0 Å². The maximum absolute atomic E-state index is 11.2. The molecular weight excluding hydrogens is 71.0 g/mol. The van der Waals surface area contributed by atoms with E-state index in [2.05, 4.69) is 4.74 Å². The lowest BCUT2D eigenvalue weighted by molar-refractivity contribution is 0.373. The zero-order valence-electron chi connectivity index (χ0n) is 2.79. The number of ether oxygens (including phenoxy) is 1. The van der Waals surface area contributed by atoms with Crippen molar-refractivity contribution in [2.24, 2.45) is 0 Å². The number of halogens is 1. The summed E-state index contributed by atoms with van der Waals surface area (Å²) in [4.78, 5) is 0. The fraction of sp³-hybridized carbons (Fsp3) is 0.333. The van der Waals surface area contributed by atoms with Gasteiger partial charge in [0, 0.05) is 6.92 Å². The lowest BCUT2D eigenvalue weighted by atomic mass is 10.7. The summed E-state index contributed by atoms with van der Waals surface area (Å²) < 4.78 is 15.2. The molecule has 0 aromatic carbocycles. The highest BCUT2D eigenvalue weighted by Gasteiger charge is 2.17. The molecule has 0 fully saturated rings. The number of hydrogen-bond donors (Lipinski definition) is 0. The molecule has 0 saturated heterocycles. The Morgan fingerprint density at radius 2 is 2.00 bits per heavy atom. The molecule has 0 amide bonds. The SMILES string of the molecule is CC1=C(F)O1. The van der Waals surface area contributed by atoms with Gasteiger partial charge in [-0.3, -0.25) is 0 Å². The Kier molecular flexibility index (Phi) is 0.272. The Hall–Kier alpha value is -0.530. The minimum atomic E-state index is -0.412. The van der Waals surface area contributed by atoms with Crippen molar-refractivity contribution in [3.05, 3.63) is 11.8 Å². The third-order valence-electron chi connectivity index (χ3n) is 0.478. The zero-order valence-corrected chi connectivity index (χ0v) is 2.79. The van der Waals surface area contributed by atoms with E-state index in [4.69, 9.17) is 0 Å². The Labute approximate surface area is 29.1 Å². The van der Waals surface area contributed by atoms with Crippen LogP contribution in [-0.2, 0) is 4.74 Å². The van der Waals surface area contributed by atoms with E-state index in [0.717, 1.165) is 0 Å². The van der Waals surface area contributed by atoms with Crippen LogP contribution in [-0.4, -0.2) is 0 Å². The molecule has 1 rings (SSSR count). The van der Waals surface area contributed by atoms with E-state index in [1.807, 2.05) is 0 Å². The predicted octanol–water partition coefficient (Wildman–Crippen LogP) is 1.18. The second-order valence-electron chi connectivity index (χ2n) is 0.932. The van der Waals surface area contributed by atoms with Crippen LogP contribution < -0.4 is 0 Å². The molecule has 0 N–H and O–H groups in total. The van der Waals surface area contributed by atoms with E-state index in [9.17, 15) is 4.39 Å². The Morgan fingerprint density at radius 1 is 1.80 bits per heavy atom. The maximum atomic E-state index is 11.2. The van der Waals surface area contributed by atoms with Gasteiger partial charge >= 0.3 is 6.01 Å². The fourth-order valence-corrected chi connectivity index (χ4v) is 0.109. The molecule has 2 heteroatoms. The highest BCUT2D eigenvalue weighted by Crippen LogP contribution is 2.24. The van der Waals surface area contributed by atoms with Crippen molar-refractivity contribution in [1.29, 1.82) is 0 Å². The van der Waals surface area contributed by atoms with Crippen molar-refractivity contribution < 1.29 is 9.13 Å². The van der Waals surface area contributed by atoms with Gasteiger partial charge in [-0.25, -0.2) is 0 Å². The van der Waals surface area contributed by atoms with Gasteiger partial charge in [0.15, 0.2) is 5.76 Å². The summed E-state index contributed by atoms with van der Waals surface area (Å²) in [6.45, 7) is 1.58. The molecule has 0 aromatic rings. The van der Waals surface area contributed by atoms with Gasteiger partial charge in [-0.2, -0.15) is 4.39 Å². The van der Waals surface area contributed by atoms with Crippen LogP contribution in [0.3, 0.4) is 0 Å². The first-order valence-electron chi connectivity index (χ1n) is 1.35. The molecule has 0 aromatic heterocycles. The molecule has 0 bridgehead atoms. The average molecular weight is 74.1 g/mol. The van der Waals surface area contributed by atoms with Crippen LogP contribution in [0.1, 0.15) is 6.92 Å². The summed E-state index contributed by atoms with van der Waals surface area (Å²) in [7, 11) is 0. The van der Waals surface area contributed by atoms with E-state index in [1.54, 1.807) is 6.92 Å². The van der Waals surface area contributed by atoms with Gasteiger partial charge in [0.2, 0.25) is 0 Å². The topological polar surface area (TPSA) is 12.5 Å². The van der Waals surface area contributed by atoms with Gasteiger partial charge in [0.1, 0.15) is 0 Å².